The fourth-order valence-corrected chi connectivity index (χ4v) is 4.64. The molecule has 2 aromatic rings. The summed E-state index contributed by atoms with van der Waals surface area (Å²) in [5, 5.41) is 12.9. The van der Waals surface area contributed by atoms with Crippen LogP contribution in [0, 0.1) is 6.92 Å². The molecule has 1 amide bonds. The first kappa shape index (κ1) is 19.8. The Morgan fingerprint density at radius 1 is 1.14 bits per heavy atom. The first-order chi connectivity index (χ1) is 14.1. The van der Waals surface area contributed by atoms with Crippen molar-refractivity contribution in [1.29, 1.82) is 0 Å². The van der Waals surface area contributed by atoms with Gasteiger partial charge in [0.15, 0.2) is 0 Å². The molecule has 0 spiro atoms. The van der Waals surface area contributed by atoms with Crippen LogP contribution in [0.5, 0.6) is 0 Å². The maximum absolute atomic E-state index is 12.9. The second-order valence-electron chi connectivity index (χ2n) is 7.33. The maximum atomic E-state index is 12.9. The van der Waals surface area contributed by atoms with Crippen molar-refractivity contribution in [3.8, 4) is 0 Å². The van der Waals surface area contributed by atoms with E-state index in [1.54, 1.807) is 17.0 Å². The van der Waals surface area contributed by atoms with Crippen molar-refractivity contribution >= 4 is 28.8 Å². The first-order valence-corrected chi connectivity index (χ1v) is 10.6. The Labute approximate surface area is 174 Å². The SMILES string of the molecule is Cc1ccc(C(O)=C2C(=O)C(=O)N(CCN3CCOCC3)C2c2cccs2)cc1. The number of aryl methyl sites for hydroxylation is 1. The van der Waals surface area contributed by atoms with E-state index in [9.17, 15) is 14.7 Å². The smallest absolute Gasteiger partial charge is 0.295 e. The number of ketones is 1. The van der Waals surface area contributed by atoms with Gasteiger partial charge in [-0.25, -0.2) is 0 Å². The summed E-state index contributed by atoms with van der Waals surface area (Å²) >= 11 is 1.48. The zero-order valence-corrected chi connectivity index (χ0v) is 17.2. The summed E-state index contributed by atoms with van der Waals surface area (Å²) in [6.07, 6.45) is 0. The number of carbonyl (C=O) groups excluding carboxylic acids is 2. The maximum Gasteiger partial charge on any atom is 0.295 e. The van der Waals surface area contributed by atoms with Gasteiger partial charge >= 0.3 is 0 Å². The summed E-state index contributed by atoms with van der Waals surface area (Å²) in [6, 6.07) is 10.6. The van der Waals surface area contributed by atoms with Crippen LogP contribution in [-0.4, -0.2) is 66.0 Å². The molecule has 1 N–H and O–H groups in total. The second kappa shape index (κ2) is 8.49. The van der Waals surface area contributed by atoms with Crippen LogP contribution in [0.4, 0.5) is 0 Å². The minimum absolute atomic E-state index is 0.115. The molecular formula is C22H24N2O4S. The number of carbonyl (C=O) groups is 2. The van der Waals surface area contributed by atoms with E-state index in [4.69, 9.17) is 4.74 Å². The minimum atomic E-state index is -0.622. The predicted molar refractivity (Wildman–Crippen MR) is 112 cm³/mol. The van der Waals surface area contributed by atoms with E-state index in [1.165, 1.54) is 11.3 Å². The molecule has 2 aliphatic heterocycles. The molecule has 0 aliphatic carbocycles. The molecule has 4 rings (SSSR count). The van der Waals surface area contributed by atoms with Crippen molar-refractivity contribution < 1.29 is 19.4 Å². The molecule has 29 heavy (non-hydrogen) atoms. The number of hydrogen-bond acceptors (Lipinski definition) is 6. The Morgan fingerprint density at radius 3 is 2.52 bits per heavy atom. The highest BCUT2D eigenvalue weighted by Gasteiger charge is 2.46. The van der Waals surface area contributed by atoms with Gasteiger partial charge in [0.1, 0.15) is 5.76 Å². The molecule has 2 saturated heterocycles. The van der Waals surface area contributed by atoms with Gasteiger partial charge in [0.25, 0.3) is 11.7 Å². The van der Waals surface area contributed by atoms with Crippen molar-refractivity contribution in [2.24, 2.45) is 0 Å². The lowest BCUT2D eigenvalue weighted by Crippen LogP contribution is -2.42. The molecule has 6 nitrogen and oxygen atoms in total. The number of rotatable bonds is 5. The third kappa shape index (κ3) is 3.99. The summed E-state index contributed by atoms with van der Waals surface area (Å²) in [6.45, 7) is 6.05. The summed E-state index contributed by atoms with van der Waals surface area (Å²) < 4.78 is 5.38. The van der Waals surface area contributed by atoms with Crippen LogP contribution >= 0.6 is 11.3 Å². The quantitative estimate of drug-likeness (QED) is 0.465. The largest absolute Gasteiger partial charge is 0.507 e. The van der Waals surface area contributed by atoms with Crippen LogP contribution in [0.3, 0.4) is 0 Å². The van der Waals surface area contributed by atoms with E-state index >= 15 is 0 Å². The second-order valence-corrected chi connectivity index (χ2v) is 8.31. The third-order valence-electron chi connectivity index (χ3n) is 5.44. The molecular weight excluding hydrogens is 388 g/mol. The van der Waals surface area contributed by atoms with Gasteiger partial charge < -0.3 is 14.7 Å². The zero-order valence-electron chi connectivity index (χ0n) is 16.3. The van der Waals surface area contributed by atoms with Crippen molar-refractivity contribution in [3.05, 3.63) is 63.4 Å². The van der Waals surface area contributed by atoms with Gasteiger partial charge in [0.05, 0.1) is 24.8 Å². The lowest BCUT2D eigenvalue weighted by atomic mass is 9.99. The molecule has 0 saturated carbocycles. The Balaban J connectivity index is 1.68. The average molecular weight is 413 g/mol. The Hall–Kier alpha value is -2.48. The number of morpholine rings is 1. The van der Waals surface area contributed by atoms with Gasteiger partial charge in [-0.1, -0.05) is 35.9 Å². The summed E-state index contributed by atoms with van der Waals surface area (Å²) in [4.78, 5) is 30.5. The molecule has 7 heteroatoms. The number of aliphatic hydroxyl groups is 1. The number of aliphatic hydroxyl groups excluding tert-OH is 1. The van der Waals surface area contributed by atoms with Crippen LogP contribution in [0.15, 0.2) is 47.4 Å². The van der Waals surface area contributed by atoms with Crippen molar-refractivity contribution in [2.75, 3.05) is 39.4 Å². The van der Waals surface area contributed by atoms with E-state index in [2.05, 4.69) is 4.90 Å². The van der Waals surface area contributed by atoms with Crippen LogP contribution in [0.2, 0.25) is 0 Å². The highest BCUT2D eigenvalue weighted by molar-refractivity contribution is 7.10. The lowest BCUT2D eigenvalue weighted by Gasteiger charge is -2.30. The molecule has 1 unspecified atom stereocenters. The van der Waals surface area contributed by atoms with Crippen molar-refractivity contribution in [3.63, 3.8) is 0 Å². The monoisotopic (exact) mass is 412 g/mol. The summed E-state index contributed by atoms with van der Waals surface area (Å²) in [5.74, 6) is -1.29. The normalized spacial score (nSPS) is 22.4. The lowest BCUT2D eigenvalue weighted by molar-refractivity contribution is -0.140. The standard InChI is InChI=1S/C22H24N2O4S/c1-15-4-6-16(7-5-15)20(25)18-19(17-3-2-14-29-17)24(22(27)21(18)26)9-8-23-10-12-28-13-11-23/h2-7,14,19,25H,8-13H2,1H3. The molecule has 2 aliphatic rings. The highest BCUT2D eigenvalue weighted by Crippen LogP contribution is 2.40. The van der Waals surface area contributed by atoms with Gasteiger partial charge in [-0.3, -0.25) is 14.5 Å². The van der Waals surface area contributed by atoms with Gasteiger partial charge in [-0.15, -0.1) is 11.3 Å². The Morgan fingerprint density at radius 2 is 1.86 bits per heavy atom. The number of hydrogen-bond donors (Lipinski definition) is 1. The molecule has 2 fully saturated rings. The number of ether oxygens (including phenoxy) is 1. The molecule has 152 valence electrons. The third-order valence-corrected chi connectivity index (χ3v) is 6.36. The van der Waals surface area contributed by atoms with Gasteiger partial charge in [-0.2, -0.15) is 0 Å². The molecule has 1 atom stereocenters. The van der Waals surface area contributed by atoms with Crippen LogP contribution in [-0.2, 0) is 14.3 Å². The number of nitrogens with zero attached hydrogens (tertiary/aromatic N) is 2. The molecule has 1 aromatic heterocycles. The van der Waals surface area contributed by atoms with E-state index in [0.717, 1.165) is 23.5 Å². The molecule has 0 bridgehead atoms. The summed E-state index contributed by atoms with van der Waals surface area (Å²) in [7, 11) is 0. The summed E-state index contributed by atoms with van der Waals surface area (Å²) in [5.41, 5.74) is 1.77. The van der Waals surface area contributed by atoms with E-state index < -0.39 is 17.7 Å². The molecule has 3 heterocycles. The number of likely N-dealkylation sites (tertiary alicyclic amines) is 1. The predicted octanol–water partition coefficient (Wildman–Crippen LogP) is 2.81. The van der Waals surface area contributed by atoms with Crippen molar-refractivity contribution in [1.82, 2.24) is 9.80 Å². The van der Waals surface area contributed by atoms with Gasteiger partial charge in [0, 0.05) is 36.6 Å². The van der Waals surface area contributed by atoms with Crippen LogP contribution in [0.1, 0.15) is 22.0 Å². The number of benzene rings is 1. The van der Waals surface area contributed by atoms with E-state index in [0.29, 0.717) is 31.9 Å². The number of thiophene rings is 1. The fourth-order valence-electron chi connectivity index (χ4n) is 3.79. The Bertz CT molecular complexity index is 915. The number of Topliss-reactive ketones (excluding diaryl/α,β-unsaturated/α-hetero) is 1. The van der Waals surface area contributed by atoms with Gasteiger partial charge in [-0.05, 0) is 18.4 Å². The average Bonchev–Trinajstić information content (AvgIpc) is 3.35. The zero-order chi connectivity index (χ0) is 20.4. The molecule has 1 aromatic carbocycles. The first-order valence-electron chi connectivity index (χ1n) is 9.75. The van der Waals surface area contributed by atoms with Crippen molar-refractivity contribution in [2.45, 2.75) is 13.0 Å². The Kier molecular flexibility index (Phi) is 5.80. The number of amides is 1. The van der Waals surface area contributed by atoms with Crippen LogP contribution < -0.4 is 0 Å². The highest BCUT2D eigenvalue weighted by atomic mass is 32.1. The fraction of sp³-hybridized carbons (Fsp3) is 0.364. The van der Waals surface area contributed by atoms with Gasteiger partial charge in [0.2, 0.25) is 0 Å². The minimum Gasteiger partial charge on any atom is -0.507 e. The topological polar surface area (TPSA) is 70.1 Å². The molecule has 0 radical (unpaired) electrons. The van der Waals surface area contributed by atoms with E-state index in [-0.39, 0.29) is 11.3 Å². The van der Waals surface area contributed by atoms with E-state index in [1.807, 2.05) is 36.6 Å². The van der Waals surface area contributed by atoms with Crippen LogP contribution in [0.25, 0.3) is 5.76 Å².